The van der Waals surface area contributed by atoms with Crippen molar-refractivity contribution in [2.24, 2.45) is 0 Å². The van der Waals surface area contributed by atoms with Crippen LogP contribution < -0.4 is 4.90 Å². The lowest BCUT2D eigenvalue weighted by Gasteiger charge is -2.33. The second-order valence-corrected chi connectivity index (χ2v) is 20.3. The molecular formula is C73H45N. The molecule has 14 aromatic carbocycles. The van der Waals surface area contributed by atoms with Gasteiger partial charge in [-0.25, -0.2) is 0 Å². The lowest BCUT2D eigenvalue weighted by molar-refractivity contribution is 0.794. The van der Waals surface area contributed by atoms with Crippen LogP contribution >= 0.6 is 0 Å². The fourth-order valence-electron chi connectivity index (χ4n) is 13.4. The molecule has 74 heavy (non-hydrogen) atoms. The molecule has 0 radical (unpaired) electrons. The first-order valence-corrected chi connectivity index (χ1v) is 25.8. The summed E-state index contributed by atoms with van der Waals surface area (Å²) >= 11 is 0. The average Bonchev–Trinajstić information content (AvgIpc) is 3.95. The number of fused-ring (bicyclic) bond motifs is 20. The highest BCUT2D eigenvalue weighted by molar-refractivity contribution is 6.26. The summed E-state index contributed by atoms with van der Waals surface area (Å²) < 4.78 is 0. The first-order valence-electron chi connectivity index (χ1n) is 25.8. The van der Waals surface area contributed by atoms with E-state index in [-0.39, 0.29) is 0 Å². The van der Waals surface area contributed by atoms with Crippen LogP contribution in [0.5, 0.6) is 0 Å². The zero-order valence-electron chi connectivity index (χ0n) is 40.4. The number of hydrogen-bond acceptors (Lipinski definition) is 1. The van der Waals surface area contributed by atoms with E-state index in [9.17, 15) is 0 Å². The molecule has 0 saturated carbocycles. The molecule has 1 nitrogen and oxygen atoms in total. The van der Waals surface area contributed by atoms with Gasteiger partial charge in [-0.3, -0.25) is 0 Å². The van der Waals surface area contributed by atoms with E-state index in [2.05, 4.69) is 278 Å². The third-order valence-electron chi connectivity index (χ3n) is 16.6. The molecule has 1 heteroatoms. The van der Waals surface area contributed by atoms with E-state index in [1.807, 2.05) is 0 Å². The van der Waals surface area contributed by atoms with E-state index < -0.39 is 5.41 Å². The van der Waals surface area contributed by atoms with Gasteiger partial charge in [-0.15, -0.1) is 0 Å². The molecule has 0 atom stereocenters. The lowest BCUT2D eigenvalue weighted by atomic mass is 9.70. The Morgan fingerprint density at radius 1 is 0.216 bits per heavy atom. The summed E-state index contributed by atoms with van der Waals surface area (Å²) in [6.07, 6.45) is 0. The van der Waals surface area contributed by atoms with Crippen molar-refractivity contribution in [1.82, 2.24) is 0 Å². The van der Waals surface area contributed by atoms with Crippen LogP contribution in [0, 0.1) is 0 Å². The first kappa shape index (κ1) is 41.1. The van der Waals surface area contributed by atoms with E-state index in [0.29, 0.717) is 0 Å². The van der Waals surface area contributed by atoms with Crippen molar-refractivity contribution >= 4 is 81.7 Å². The van der Waals surface area contributed by atoms with Crippen LogP contribution in [-0.2, 0) is 5.41 Å². The molecule has 0 unspecified atom stereocenters. The molecular weight excluding hydrogens is 891 g/mol. The van der Waals surface area contributed by atoms with E-state index in [4.69, 9.17) is 0 Å². The quantitative estimate of drug-likeness (QED) is 0.155. The van der Waals surface area contributed by atoms with Gasteiger partial charge in [-0.05, 0) is 168 Å². The smallest absolute Gasteiger partial charge is 0.0726 e. The van der Waals surface area contributed by atoms with Gasteiger partial charge in [0.25, 0.3) is 0 Å². The predicted molar refractivity (Wildman–Crippen MR) is 313 cm³/mol. The topological polar surface area (TPSA) is 3.24 Å². The van der Waals surface area contributed by atoms with Crippen molar-refractivity contribution in [3.8, 4) is 44.5 Å². The standard InChI is InChI=1S/C73H45N/c1-2-18-49-41-51(38-37-46(49)17-1)74(52-39-40-60-57-24-7-6-22-55(57)56-23-8-10-26-59(56)66(60)43-52)72-45-71-67(63-29-13-16-32-70(63)73(71)68-30-14-11-27-61(68)62-28-12-15-31-69(62)73)44-65(72)48-35-33-47(34-36-48)64-42-50-19-3-4-20-53(50)54-21-5-9-25-58(54)64/h1-45H. The van der Waals surface area contributed by atoms with E-state index in [1.54, 1.807) is 0 Å². The van der Waals surface area contributed by atoms with E-state index in [1.165, 1.54) is 126 Å². The molecule has 2 aliphatic carbocycles. The molecule has 14 aromatic rings. The molecule has 0 aromatic heterocycles. The predicted octanol–water partition coefficient (Wildman–Crippen LogP) is 19.8. The number of rotatable bonds is 5. The Bertz CT molecular complexity index is 4590. The second kappa shape index (κ2) is 15.7. The highest BCUT2D eigenvalue weighted by Gasteiger charge is 2.52. The van der Waals surface area contributed by atoms with Crippen molar-refractivity contribution in [2.45, 2.75) is 5.41 Å². The van der Waals surface area contributed by atoms with Gasteiger partial charge in [0.2, 0.25) is 0 Å². The summed E-state index contributed by atoms with van der Waals surface area (Å²) in [5.41, 5.74) is 18.0. The van der Waals surface area contributed by atoms with E-state index in [0.717, 1.165) is 22.6 Å². The van der Waals surface area contributed by atoms with Gasteiger partial charge in [-0.2, -0.15) is 0 Å². The van der Waals surface area contributed by atoms with Crippen LogP contribution in [0.4, 0.5) is 17.1 Å². The number of benzene rings is 14. The Balaban J connectivity index is 1.01. The van der Waals surface area contributed by atoms with Gasteiger partial charge in [0.15, 0.2) is 0 Å². The lowest BCUT2D eigenvalue weighted by Crippen LogP contribution is -2.26. The molecule has 2 aliphatic rings. The Kier molecular flexibility index (Phi) is 8.73. The molecule has 0 bridgehead atoms. The van der Waals surface area contributed by atoms with Gasteiger partial charge in [0.05, 0.1) is 11.1 Å². The maximum atomic E-state index is 2.58. The highest BCUT2D eigenvalue weighted by Crippen LogP contribution is 2.64. The van der Waals surface area contributed by atoms with Gasteiger partial charge in [-0.1, -0.05) is 231 Å². The van der Waals surface area contributed by atoms with Crippen molar-refractivity contribution in [3.05, 3.63) is 295 Å². The summed E-state index contributed by atoms with van der Waals surface area (Å²) in [7, 11) is 0. The summed E-state index contributed by atoms with van der Waals surface area (Å²) in [5, 5.41) is 15.0. The number of anilines is 3. The summed E-state index contributed by atoms with van der Waals surface area (Å²) in [6.45, 7) is 0. The van der Waals surface area contributed by atoms with Crippen LogP contribution in [-0.4, -0.2) is 0 Å². The van der Waals surface area contributed by atoms with Crippen molar-refractivity contribution in [1.29, 1.82) is 0 Å². The first-order chi connectivity index (χ1) is 36.7. The maximum Gasteiger partial charge on any atom is 0.0726 e. The fraction of sp³-hybridized carbons (Fsp3) is 0.0137. The second-order valence-electron chi connectivity index (χ2n) is 20.3. The van der Waals surface area contributed by atoms with Crippen LogP contribution in [0.1, 0.15) is 22.3 Å². The average molecular weight is 936 g/mol. The Morgan fingerprint density at radius 2 is 0.649 bits per heavy atom. The minimum absolute atomic E-state index is 0.527. The number of hydrogen-bond donors (Lipinski definition) is 0. The van der Waals surface area contributed by atoms with Gasteiger partial charge < -0.3 is 4.90 Å². The molecule has 0 fully saturated rings. The van der Waals surface area contributed by atoms with E-state index >= 15 is 0 Å². The molecule has 0 aliphatic heterocycles. The molecule has 1 spiro atoms. The molecule has 16 rings (SSSR count). The highest BCUT2D eigenvalue weighted by atomic mass is 15.1. The Hall–Kier alpha value is -9.56. The Labute approximate surface area is 429 Å². The third-order valence-corrected chi connectivity index (χ3v) is 16.6. The van der Waals surface area contributed by atoms with Crippen LogP contribution in [0.15, 0.2) is 273 Å². The fourth-order valence-corrected chi connectivity index (χ4v) is 13.4. The van der Waals surface area contributed by atoms with Crippen molar-refractivity contribution in [2.75, 3.05) is 4.90 Å². The van der Waals surface area contributed by atoms with Gasteiger partial charge in [0, 0.05) is 16.9 Å². The molecule has 0 amide bonds. The van der Waals surface area contributed by atoms with Crippen molar-refractivity contribution in [3.63, 3.8) is 0 Å². The third kappa shape index (κ3) is 5.75. The Morgan fingerprint density at radius 3 is 1.27 bits per heavy atom. The van der Waals surface area contributed by atoms with Crippen LogP contribution in [0.2, 0.25) is 0 Å². The largest absolute Gasteiger partial charge is 0.310 e. The molecule has 342 valence electrons. The molecule has 0 N–H and O–H groups in total. The SMILES string of the molecule is c1ccc2c(c1)-c1ccccc1C21c2ccccc2-c2cc(-c3ccc(-c4cc5ccccc5c5ccccc45)cc3)c(N(c3ccc4ccccc4c3)c3ccc4c5ccccc5c5ccccc5c4c3)cc21. The minimum Gasteiger partial charge on any atom is -0.310 e. The number of nitrogens with zero attached hydrogens (tertiary/aromatic N) is 1. The monoisotopic (exact) mass is 935 g/mol. The van der Waals surface area contributed by atoms with Crippen molar-refractivity contribution < 1.29 is 0 Å². The molecule has 0 heterocycles. The van der Waals surface area contributed by atoms with Gasteiger partial charge >= 0.3 is 0 Å². The van der Waals surface area contributed by atoms with Crippen LogP contribution in [0.3, 0.4) is 0 Å². The summed E-state index contributed by atoms with van der Waals surface area (Å²) in [5.74, 6) is 0. The minimum atomic E-state index is -0.527. The molecule has 0 saturated heterocycles. The zero-order chi connectivity index (χ0) is 48.5. The normalized spacial score (nSPS) is 13.0. The maximum absolute atomic E-state index is 2.58. The zero-order valence-corrected chi connectivity index (χ0v) is 40.4. The summed E-state index contributed by atoms with van der Waals surface area (Å²) in [6, 6.07) is 103. The van der Waals surface area contributed by atoms with Gasteiger partial charge in [0.1, 0.15) is 0 Å². The van der Waals surface area contributed by atoms with Crippen LogP contribution in [0.25, 0.3) is 109 Å². The summed E-state index contributed by atoms with van der Waals surface area (Å²) in [4.78, 5) is 2.56.